The number of carboxylic acid groups (broad SMARTS) is 1. The first-order valence-electron chi connectivity index (χ1n) is 9.45. The van der Waals surface area contributed by atoms with E-state index in [1.54, 1.807) is 11.7 Å². The largest absolute Gasteiger partial charge is 0.481 e. The van der Waals surface area contributed by atoms with Crippen LogP contribution in [0.4, 0.5) is 0 Å². The van der Waals surface area contributed by atoms with Crippen LogP contribution in [-0.2, 0) is 4.79 Å². The van der Waals surface area contributed by atoms with E-state index in [1.807, 2.05) is 0 Å². The van der Waals surface area contributed by atoms with Crippen LogP contribution < -0.4 is 5.32 Å². The fourth-order valence-corrected chi connectivity index (χ4v) is 5.20. The van der Waals surface area contributed by atoms with Gasteiger partial charge in [0.25, 0.3) is 5.91 Å². The quantitative estimate of drug-likeness (QED) is 0.528. The molecular weight excluding hydrogens is 348 g/mol. The Morgan fingerprint density at radius 2 is 2.19 bits per heavy atom. The van der Waals surface area contributed by atoms with Gasteiger partial charge in [-0.25, -0.2) is 0 Å². The first kappa shape index (κ1) is 19.1. The zero-order valence-corrected chi connectivity index (χ0v) is 16.3. The third-order valence-electron chi connectivity index (χ3n) is 6.40. The van der Waals surface area contributed by atoms with Gasteiger partial charge in [-0.15, -0.1) is 11.3 Å². The normalized spacial score (nSPS) is 29.3. The van der Waals surface area contributed by atoms with Gasteiger partial charge >= 0.3 is 5.97 Å². The molecule has 4 rings (SSSR count). The molecular formula is C20H28N2O3S. The van der Waals surface area contributed by atoms with Crippen LogP contribution in [0.2, 0.25) is 0 Å². The molecule has 5 nitrogen and oxygen atoms in total. The third kappa shape index (κ3) is 4.00. The minimum Gasteiger partial charge on any atom is -0.481 e. The fraction of sp³-hybridized carbons (Fsp3) is 0.650. The summed E-state index contributed by atoms with van der Waals surface area (Å²) in [4.78, 5) is 27.8. The van der Waals surface area contributed by atoms with Crippen molar-refractivity contribution in [3.8, 4) is 0 Å². The number of carbonyl (C=O) groups excluding carboxylic acids is 1. The molecule has 1 heterocycles. The smallest absolute Gasteiger partial charge is 0.303 e. The number of amides is 1. The lowest BCUT2D eigenvalue weighted by molar-refractivity contribution is -0.137. The van der Waals surface area contributed by atoms with E-state index < -0.39 is 5.97 Å². The van der Waals surface area contributed by atoms with E-state index in [9.17, 15) is 9.59 Å². The molecule has 3 saturated carbocycles. The van der Waals surface area contributed by atoms with E-state index in [1.165, 1.54) is 17.8 Å². The number of nitrogens with one attached hydrogen (secondary N) is 1. The molecule has 0 unspecified atom stereocenters. The van der Waals surface area contributed by atoms with E-state index in [0.29, 0.717) is 28.5 Å². The molecule has 2 N–H and O–H groups in total. The van der Waals surface area contributed by atoms with E-state index in [4.69, 9.17) is 5.11 Å². The summed E-state index contributed by atoms with van der Waals surface area (Å²) in [7, 11) is 0. The van der Waals surface area contributed by atoms with Gasteiger partial charge < -0.3 is 10.4 Å². The Balaban J connectivity index is 1.59. The van der Waals surface area contributed by atoms with Crippen LogP contribution in [0.3, 0.4) is 0 Å². The van der Waals surface area contributed by atoms with E-state index in [-0.39, 0.29) is 18.4 Å². The van der Waals surface area contributed by atoms with Crippen LogP contribution in [0.15, 0.2) is 23.9 Å². The first-order chi connectivity index (χ1) is 12.4. The lowest BCUT2D eigenvalue weighted by atomic mass is 9.44. The number of allylic oxidation sites excluding steroid dienone is 2. The zero-order valence-electron chi connectivity index (χ0n) is 15.5. The molecule has 0 aliphatic heterocycles. The van der Waals surface area contributed by atoms with Crippen molar-refractivity contribution in [3.05, 3.63) is 28.7 Å². The van der Waals surface area contributed by atoms with Crippen molar-refractivity contribution in [2.75, 3.05) is 0 Å². The topological polar surface area (TPSA) is 79.3 Å². The Hall–Kier alpha value is -1.69. The number of fused-ring (bicyclic) bond motifs is 2. The van der Waals surface area contributed by atoms with Crippen LogP contribution in [0.1, 0.15) is 62.0 Å². The van der Waals surface area contributed by atoms with Crippen molar-refractivity contribution in [3.63, 3.8) is 0 Å². The maximum Gasteiger partial charge on any atom is 0.303 e. The van der Waals surface area contributed by atoms with E-state index in [0.717, 1.165) is 25.2 Å². The molecule has 4 atom stereocenters. The van der Waals surface area contributed by atoms with Gasteiger partial charge in [0.1, 0.15) is 4.88 Å². The molecule has 3 fully saturated rings. The SMILES string of the molecule is CC1(C)[C@H]2C[C@H](C/C=C\CCCC(=O)O)[C@@H](NC(=O)c3cncs3)[C@@H]1C2. The second-order valence-electron chi connectivity index (χ2n) is 8.21. The first-order valence-corrected chi connectivity index (χ1v) is 10.3. The predicted molar refractivity (Wildman–Crippen MR) is 102 cm³/mol. The highest BCUT2D eigenvalue weighted by Crippen LogP contribution is 2.61. The highest BCUT2D eigenvalue weighted by Gasteiger charge is 2.57. The molecule has 0 aromatic carbocycles. The van der Waals surface area contributed by atoms with Crippen LogP contribution in [0, 0.1) is 23.2 Å². The van der Waals surface area contributed by atoms with Crippen LogP contribution in [0.5, 0.6) is 0 Å². The van der Waals surface area contributed by atoms with E-state index >= 15 is 0 Å². The molecule has 2 bridgehead atoms. The summed E-state index contributed by atoms with van der Waals surface area (Å²) in [5.41, 5.74) is 1.99. The Morgan fingerprint density at radius 3 is 2.85 bits per heavy atom. The summed E-state index contributed by atoms with van der Waals surface area (Å²) < 4.78 is 0. The summed E-state index contributed by atoms with van der Waals surface area (Å²) in [6.07, 6.45) is 10.9. The molecule has 1 aromatic heterocycles. The van der Waals surface area contributed by atoms with Crippen molar-refractivity contribution in [1.82, 2.24) is 10.3 Å². The summed E-state index contributed by atoms with van der Waals surface area (Å²) in [6.45, 7) is 4.66. The Bertz CT molecular complexity index is 669. The number of unbranched alkanes of at least 4 members (excludes halogenated alkanes) is 1. The summed E-state index contributed by atoms with van der Waals surface area (Å²) >= 11 is 1.38. The number of hydrogen-bond acceptors (Lipinski definition) is 4. The van der Waals surface area contributed by atoms with Crippen molar-refractivity contribution < 1.29 is 14.7 Å². The van der Waals surface area contributed by atoms with Gasteiger partial charge in [-0.05, 0) is 55.3 Å². The minimum atomic E-state index is -0.737. The second kappa shape index (κ2) is 7.91. The van der Waals surface area contributed by atoms with Crippen LogP contribution >= 0.6 is 11.3 Å². The molecule has 0 spiro atoms. The highest BCUT2D eigenvalue weighted by molar-refractivity contribution is 7.11. The van der Waals surface area contributed by atoms with Gasteiger partial charge in [0.15, 0.2) is 0 Å². The summed E-state index contributed by atoms with van der Waals surface area (Å²) in [5, 5.41) is 12.0. The number of aromatic nitrogens is 1. The second-order valence-corrected chi connectivity index (χ2v) is 9.10. The number of thiazole rings is 1. The number of carbonyl (C=O) groups is 2. The zero-order chi connectivity index (χ0) is 18.7. The van der Waals surface area contributed by atoms with Gasteiger partial charge in [0.05, 0.1) is 11.7 Å². The molecule has 26 heavy (non-hydrogen) atoms. The predicted octanol–water partition coefficient (Wildman–Crippen LogP) is 4.12. The number of nitrogens with zero attached hydrogens (tertiary/aromatic N) is 1. The van der Waals surface area contributed by atoms with Gasteiger partial charge in [-0.3, -0.25) is 14.6 Å². The molecule has 3 aliphatic rings. The van der Waals surface area contributed by atoms with E-state index in [2.05, 4.69) is 36.3 Å². The van der Waals surface area contributed by atoms with Gasteiger partial charge in [-0.2, -0.15) is 0 Å². The number of hydrogen-bond donors (Lipinski definition) is 2. The summed E-state index contributed by atoms with van der Waals surface area (Å²) in [6, 6.07) is 0.202. The number of carboxylic acids is 1. The molecule has 1 amide bonds. The lowest BCUT2D eigenvalue weighted by Crippen LogP contribution is -2.63. The van der Waals surface area contributed by atoms with Gasteiger partial charge in [0.2, 0.25) is 0 Å². The van der Waals surface area contributed by atoms with Crippen LogP contribution in [0.25, 0.3) is 0 Å². The fourth-order valence-electron chi connectivity index (χ4n) is 4.68. The monoisotopic (exact) mass is 376 g/mol. The number of rotatable bonds is 8. The maximum atomic E-state index is 12.6. The number of aliphatic carboxylic acids is 1. The van der Waals surface area contributed by atoms with Gasteiger partial charge in [0, 0.05) is 12.5 Å². The summed E-state index contributed by atoms with van der Waals surface area (Å²) in [5.74, 6) is 0.991. The Morgan fingerprint density at radius 1 is 1.38 bits per heavy atom. The van der Waals surface area contributed by atoms with Crippen molar-refractivity contribution in [2.24, 2.45) is 23.2 Å². The average molecular weight is 377 g/mol. The minimum absolute atomic E-state index is 0.00547. The molecule has 0 radical (unpaired) electrons. The molecule has 1 aromatic rings. The standard InChI is InChI=1S/C20H28N2O3S/c1-20(2)14-9-13(7-5-3-4-6-8-17(23)24)18(15(20)10-14)22-19(25)16-11-21-12-26-16/h3,5,11-15,18H,4,6-10H2,1-2H3,(H,22,25)(H,23,24)/b5-3-/t13-,14-,15-,18+/m0/s1. The average Bonchev–Trinajstić information content (AvgIpc) is 3.13. The van der Waals surface area contributed by atoms with Gasteiger partial charge in [-0.1, -0.05) is 26.0 Å². The molecule has 0 saturated heterocycles. The molecule has 142 valence electrons. The Labute approximate surface area is 158 Å². The third-order valence-corrected chi connectivity index (χ3v) is 7.17. The molecule has 6 heteroatoms. The van der Waals surface area contributed by atoms with Crippen molar-refractivity contribution >= 4 is 23.2 Å². The van der Waals surface area contributed by atoms with Crippen molar-refractivity contribution in [1.29, 1.82) is 0 Å². The van der Waals surface area contributed by atoms with Crippen molar-refractivity contribution in [2.45, 2.75) is 58.4 Å². The lowest BCUT2D eigenvalue weighted by Gasteiger charge is -2.62. The highest BCUT2D eigenvalue weighted by atomic mass is 32.1. The Kier molecular flexibility index (Phi) is 5.80. The molecule has 3 aliphatic carbocycles. The maximum absolute atomic E-state index is 12.6. The van der Waals surface area contributed by atoms with Crippen LogP contribution in [-0.4, -0.2) is 28.0 Å².